The standard InChI is InChI=1S/C7H4ClF3IN3O2/c1-2-5(16)17-4-3-15(14-13-4)7(10,11)6(8,9)12/h2-3H,1H2/t6-/m1/s1. The fraction of sp³-hybridized carbons (Fsp3) is 0.286. The molecule has 0 bridgehead atoms. The van der Waals surface area contributed by atoms with Gasteiger partial charge in [0.25, 0.3) is 5.88 Å². The van der Waals surface area contributed by atoms with Gasteiger partial charge in [0.1, 0.15) is 0 Å². The molecule has 1 rings (SSSR count). The zero-order valence-corrected chi connectivity index (χ0v) is 10.8. The van der Waals surface area contributed by atoms with Gasteiger partial charge in [-0.15, -0.1) is 0 Å². The molecule has 0 amide bonds. The molecule has 1 aromatic heterocycles. The molecule has 0 N–H and O–H groups in total. The maximum absolute atomic E-state index is 13.3. The Morgan fingerprint density at radius 3 is 2.71 bits per heavy atom. The van der Waals surface area contributed by atoms with Crippen molar-refractivity contribution in [1.82, 2.24) is 15.0 Å². The van der Waals surface area contributed by atoms with Crippen molar-refractivity contribution < 1.29 is 22.7 Å². The van der Waals surface area contributed by atoms with E-state index in [0.29, 0.717) is 28.8 Å². The van der Waals surface area contributed by atoms with Crippen molar-refractivity contribution in [2.45, 2.75) is 9.18 Å². The number of carbonyl (C=O) groups excluding carboxylic acids is 1. The SMILES string of the molecule is C=CC(=O)Oc1cn(C(F)(F)[C@](F)(Cl)I)nn1. The van der Waals surface area contributed by atoms with Crippen LogP contribution in [-0.2, 0) is 10.8 Å². The first-order chi connectivity index (χ1) is 7.68. The molecular formula is C7H4ClF3IN3O2. The van der Waals surface area contributed by atoms with Crippen LogP contribution in [0.3, 0.4) is 0 Å². The van der Waals surface area contributed by atoms with Gasteiger partial charge in [-0.25, -0.2) is 9.18 Å². The molecule has 0 fully saturated rings. The number of halogens is 5. The van der Waals surface area contributed by atoms with Crippen LogP contribution in [0.15, 0.2) is 18.9 Å². The molecule has 1 aromatic rings. The van der Waals surface area contributed by atoms with Gasteiger partial charge in [0.15, 0.2) is 0 Å². The van der Waals surface area contributed by atoms with Gasteiger partial charge in [-0.2, -0.15) is 13.5 Å². The number of aromatic nitrogens is 3. The minimum atomic E-state index is -4.15. The summed E-state index contributed by atoms with van der Waals surface area (Å²) in [5, 5.41) is 6.01. The van der Waals surface area contributed by atoms with Crippen molar-refractivity contribution in [3.8, 4) is 5.88 Å². The highest BCUT2D eigenvalue weighted by Crippen LogP contribution is 2.45. The van der Waals surface area contributed by atoms with Gasteiger partial charge < -0.3 is 4.74 Å². The van der Waals surface area contributed by atoms with Crippen LogP contribution in [-0.4, -0.2) is 24.1 Å². The lowest BCUT2D eigenvalue weighted by molar-refractivity contribution is -0.133. The second-order valence-corrected chi connectivity index (χ2v) is 5.31. The molecule has 0 aromatic carbocycles. The van der Waals surface area contributed by atoms with Gasteiger partial charge in [0.05, 0.1) is 6.20 Å². The predicted molar refractivity (Wildman–Crippen MR) is 59.8 cm³/mol. The van der Waals surface area contributed by atoms with Crippen LogP contribution in [0.4, 0.5) is 13.2 Å². The van der Waals surface area contributed by atoms with E-state index in [2.05, 4.69) is 21.6 Å². The smallest absolute Gasteiger partial charge is 0.401 e. The van der Waals surface area contributed by atoms with E-state index >= 15 is 0 Å². The molecule has 0 unspecified atom stereocenters. The Bertz CT molecular complexity index is 446. The first-order valence-electron chi connectivity index (χ1n) is 3.90. The van der Waals surface area contributed by atoms with Crippen LogP contribution >= 0.6 is 34.2 Å². The van der Waals surface area contributed by atoms with E-state index in [4.69, 9.17) is 11.6 Å². The topological polar surface area (TPSA) is 57.0 Å². The third kappa shape index (κ3) is 3.09. The minimum absolute atomic E-state index is 0.141. The van der Waals surface area contributed by atoms with E-state index in [1.54, 1.807) is 0 Å². The Hall–Kier alpha value is -0.840. The monoisotopic (exact) mass is 381 g/mol. The molecular weight excluding hydrogens is 377 g/mol. The van der Waals surface area contributed by atoms with Gasteiger partial charge in [0, 0.05) is 6.08 Å². The van der Waals surface area contributed by atoms with Gasteiger partial charge in [-0.1, -0.05) is 28.5 Å². The number of esters is 1. The Balaban J connectivity index is 2.95. The summed E-state index contributed by atoms with van der Waals surface area (Å²) in [5.74, 6) is -1.43. The van der Waals surface area contributed by atoms with E-state index in [9.17, 15) is 18.0 Å². The molecule has 0 saturated carbocycles. The van der Waals surface area contributed by atoms with Crippen LogP contribution < -0.4 is 4.74 Å². The lowest BCUT2D eigenvalue weighted by Crippen LogP contribution is -2.37. The predicted octanol–water partition coefficient (Wildman–Crippen LogP) is 2.22. The summed E-state index contributed by atoms with van der Waals surface area (Å²) in [6.45, 7) is 3.09. The molecule has 5 nitrogen and oxygen atoms in total. The fourth-order valence-electron chi connectivity index (χ4n) is 0.707. The fourth-order valence-corrected chi connectivity index (χ4v) is 1.04. The molecule has 0 saturated heterocycles. The van der Waals surface area contributed by atoms with Crippen molar-refractivity contribution in [2.75, 3.05) is 0 Å². The number of ether oxygens (including phenoxy) is 1. The zero-order chi connectivity index (χ0) is 13.3. The van der Waals surface area contributed by atoms with E-state index in [1.165, 1.54) is 0 Å². The molecule has 10 heteroatoms. The number of hydrogen-bond donors (Lipinski definition) is 0. The van der Waals surface area contributed by atoms with Crippen molar-refractivity contribution in [2.24, 2.45) is 0 Å². The third-order valence-electron chi connectivity index (χ3n) is 1.47. The second-order valence-electron chi connectivity index (χ2n) is 2.67. The lowest BCUT2D eigenvalue weighted by atomic mass is 10.6. The Morgan fingerprint density at radius 1 is 1.65 bits per heavy atom. The maximum atomic E-state index is 13.3. The minimum Gasteiger partial charge on any atom is -0.401 e. The largest absolute Gasteiger partial charge is 0.402 e. The molecule has 0 aliphatic carbocycles. The van der Waals surface area contributed by atoms with Crippen LogP contribution in [0.25, 0.3) is 0 Å². The number of rotatable bonds is 4. The highest BCUT2D eigenvalue weighted by molar-refractivity contribution is 14.1. The lowest BCUT2D eigenvalue weighted by Gasteiger charge is -2.21. The highest BCUT2D eigenvalue weighted by Gasteiger charge is 2.55. The third-order valence-corrected chi connectivity index (χ3v) is 2.35. The first-order valence-corrected chi connectivity index (χ1v) is 5.36. The zero-order valence-electron chi connectivity index (χ0n) is 7.91. The maximum Gasteiger partial charge on any atom is 0.402 e. The molecule has 0 radical (unpaired) electrons. The number of carbonyl (C=O) groups is 1. The van der Waals surface area contributed by atoms with E-state index in [0.717, 1.165) is 6.08 Å². The summed E-state index contributed by atoms with van der Waals surface area (Å²) in [5.41, 5.74) is 0. The van der Waals surface area contributed by atoms with Crippen molar-refractivity contribution >= 4 is 40.2 Å². The van der Waals surface area contributed by atoms with Gasteiger partial charge >= 0.3 is 15.2 Å². The van der Waals surface area contributed by atoms with Gasteiger partial charge in [-0.05, 0) is 22.6 Å². The van der Waals surface area contributed by atoms with Gasteiger partial charge in [0.2, 0.25) is 0 Å². The van der Waals surface area contributed by atoms with Crippen LogP contribution in [0.5, 0.6) is 5.88 Å². The normalized spacial score (nSPS) is 15.1. The highest BCUT2D eigenvalue weighted by atomic mass is 127. The summed E-state index contributed by atoms with van der Waals surface area (Å²) in [7, 11) is 0. The summed E-state index contributed by atoms with van der Waals surface area (Å²) in [6.07, 6.45) is 1.34. The summed E-state index contributed by atoms with van der Waals surface area (Å²) < 4.78 is 40.4. The van der Waals surface area contributed by atoms with E-state index in [-0.39, 0.29) is 4.68 Å². The molecule has 0 aliphatic rings. The van der Waals surface area contributed by atoms with E-state index in [1.807, 2.05) is 0 Å². The quantitative estimate of drug-likeness (QED) is 0.347. The van der Waals surface area contributed by atoms with Crippen LogP contribution in [0, 0.1) is 0 Å². The van der Waals surface area contributed by atoms with Crippen molar-refractivity contribution in [3.63, 3.8) is 0 Å². The van der Waals surface area contributed by atoms with Gasteiger partial charge in [-0.3, -0.25) is 0 Å². The first kappa shape index (κ1) is 14.2. The second kappa shape index (κ2) is 4.80. The molecule has 0 aliphatic heterocycles. The van der Waals surface area contributed by atoms with E-state index < -0.39 is 21.0 Å². The Labute approximate surface area is 112 Å². The molecule has 17 heavy (non-hydrogen) atoms. The van der Waals surface area contributed by atoms with Crippen molar-refractivity contribution in [3.05, 3.63) is 18.9 Å². The molecule has 1 atom stereocenters. The summed E-state index contributed by atoms with van der Waals surface area (Å²) in [6, 6.07) is -4.15. The van der Waals surface area contributed by atoms with Crippen LogP contribution in [0.1, 0.15) is 0 Å². The molecule has 1 heterocycles. The molecule has 94 valence electrons. The Morgan fingerprint density at radius 2 is 2.24 bits per heavy atom. The molecule has 0 spiro atoms. The average Bonchev–Trinajstić information content (AvgIpc) is 2.64. The number of nitrogens with zero attached hydrogens (tertiary/aromatic N) is 3. The number of hydrogen-bond acceptors (Lipinski definition) is 4. The van der Waals surface area contributed by atoms with Crippen molar-refractivity contribution in [1.29, 1.82) is 0 Å². The Kier molecular flexibility index (Phi) is 4.02. The average molecular weight is 381 g/mol. The summed E-state index contributed by atoms with van der Waals surface area (Å²) in [4.78, 5) is 10.7. The van der Waals surface area contributed by atoms with Crippen LogP contribution in [0.2, 0.25) is 0 Å². The summed E-state index contributed by atoms with van der Waals surface area (Å²) >= 11 is 5.56. The number of alkyl halides is 5.